The number of hydrogen-bond acceptors (Lipinski definition) is 4. The second kappa shape index (κ2) is 7.80. The van der Waals surface area contributed by atoms with Gasteiger partial charge in [-0.1, -0.05) is 6.92 Å². The number of hydrogen-bond donors (Lipinski definition) is 1. The topological polar surface area (TPSA) is 61.6 Å². The number of aliphatic hydroxyl groups is 1. The van der Waals surface area contributed by atoms with Gasteiger partial charge in [0.15, 0.2) is 0 Å². The highest BCUT2D eigenvalue weighted by atomic mass is 16.3. The van der Waals surface area contributed by atoms with E-state index in [0.717, 1.165) is 30.8 Å². The first-order valence-corrected chi connectivity index (χ1v) is 8.88. The zero-order valence-electron chi connectivity index (χ0n) is 14.9. The molecule has 25 heavy (non-hydrogen) atoms. The van der Waals surface area contributed by atoms with E-state index in [1.54, 1.807) is 4.68 Å². The molecule has 0 bridgehead atoms. The molecule has 6 heteroatoms. The Balaban J connectivity index is 1.58. The van der Waals surface area contributed by atoms with Gasteiger partial charge in [-0.05, 0) is 43.2 Å². The zero-order valence-corrected chi connectivity index (χ0v) is 14.9. The fourth-order valence-electron chi connectivity index (χ4n) is 3.05. The van der Waals surface area contributed by atoms with Crippen LogP contribution in [0.5, 0.6) is 0 Å². The van der Waals surface area contributed by atoms with Crippen LogP contribution in [0.1, 0.15) is 29.3 Å². The van der Waals surface area contributed by atoms with Crippen molar-refractivity contribution in [2.24, 2.45) is 0 Å². The minimum Gasteiger partial charge on any atom is -0.392 e. The summed E-state index contributed by atoms with van der Waals surface area (Å²) in [6.07, 6.45) is 4.26. The summed E-state index contributed by atoms with van der Waals surface area (Å²) in [5.74, 6) is 0.0684. The molecule has 1 saturated heterocycles. The maximum atomic E-state index is 12.7. The molecule has 1 amide bonds. The summed E-state index contributed by atoms with van der Waals surface area (Å²) in [4.78, 5) is 16.8. The first kappa shape index (κ1) is 17.6. The molecule has 1 fully saturated rings. The van der Waals surface area contributed by atoms with Crippen molar-refractivity contribution in [1.82, 2.24) is 19.6 Å². The lowest BCUT2D eigenvalue weighted by atomic mass is 10.1. The number of aryl methyl sites for hydroxylation is 1. The highest BCUT2D eigenvalue weighted by molar-refractivity contribution is 5.94. The fraction of sp³-hybridized carbons (Fsp3) is 0.474. The van der Waals surface area contributed by atoms with Gasteiger partial charge in [-0.2, -0.15) is 5.10 Å². The Kier molecular flexibility index (Phi) is 5.50. The number of piperazine rings is 1. The van der Waals surface area contributed by atoms with Gasteiger partial charge in [-0.3, -0.25) is 9.69 Å². The lowest BCUT2D eigenvalue weighted by Crippen LogP contribution is -2.50. The van der Waals surface area contributed by atoms with E-state index in [4.69, 9.17) is 0 Å². The van der Waals surface area contributed by atoms with E-state index in [0.29, 0.717) is 25.2 Å². The molecule has 2 aromatic rings. The van der Waals surface area contributed by atoms with Crippen LogP contribution in [0.2, 0.25) is 0 Å². The first-order valence-electron chi connectivity index (χ1n) is 8.88. The summed E-state index contributed by atoms with van der Waals surface area (Å²) in [6, 6.07) is 7.57. The number of carbonyl (C=O) groups excluding carboxylic acids is 1. The molecule has 6 nitrogen and oxygen atoms in total. The van der Waals surface area contributed by atoms with Gasteiger partial charge in [0.25, 0.3) is 5.91 Å². The van der Waals surface area contributed by atoms with Crippen molar-refractivity contribution in [2.75, 3.05) is 32.7 Å². The smallest absolute Gasteiger partial charge is 0.253 e. The van der Waals surface area contributed by atoms with Crippen LogP contribution >= 0.6 is 0 Å². The molecular weight excluding hydrogens is 316 g/mol. The van der Waals surface area contributed by atoms with Gasteiger partial charge >= 0.3 is 0 Å². The Labute approximate surface area is 148 Å². The van der Waals surface area contributed by atoms with Crippen LogP contribution in [0, 0.1) is 6.92 Å². The second-order valence-electron chi connectivity index (χ2n) is 6.66. The molecule has 0 saturated carbocycles. The minimum absolute atomic E-state index is 0.0684. The molecule has 2 heterocycles. The molecule has 0 radical (unpaired) electrons. The second-order valence-corrected chi connectivity index (χ2v) is 6.66. The number of aromatic nitrogens is 2. The van der Waals surface area contributed by atoms with E-state index in [2.05, 4.69) is 10.00 Å². The quantitative estimate of drug-likeness (QED) is 0.899. The monoisotopic (exact) mass is 342 g/mol. The summed E-state index contributed by atoms with van der Waals surface area (Å²) in [7, 11) is 0. The Morgan fingerprint density at radius 3 is 2.44 bits per heavy atom. The van der Waals surface area contributed by atoms with Crippen LogP contribution in [0.4, 0.5) is 0 Å². The van der Waals surface area contributed by atoms with Gasteiger partial charge < -0.3 is 10.0 Å². The van der Waals surface area contributed by atoms with Crippen molar-refractivity contribution in [3.05, 3.63) is 47.8 Å². The molecule has 0 spiro atoms. The SMILES string of the molecule is CC[C@H](O)CN1CCN(C(=O)c2ccc(-n3cc(C)cn3)cc2)CC1. The standard InChI is InChI=1S/C19H26N4O2/c1-3-18(24)14-21-8-10-22(11-9-21)19(25)16-4-6-17(7-5-16)23-13-15(2)12-20-23/h4-7,12-13,18,24H,3,8-11,14H2,1-2H3/t18-/m0/s1. The van der Waals surface area contributed by atoms with Crippen LogP contribution in [0.15, 0.2) is 36.7 Å². The normalized spacial score (nSPS) is 16.8. The molecule has 0 unspecified atom stereocenters. The maximum absolute atomic E-state index is 12.7. The van der Waals surface area contributed by atoms with E-state index < -0.39 is 0 Å². The van der Waals surface area contributed by atoms with Crippen molar-refractivity contribution in [3.63, 3.8) is 0 Å². The third-order valence-electron chi connectivity index (χ3n) is 4.69. The average molecular weight is 342 g/mol. The maximum Gasteiger partial charge on any atom is 0.253 e. The van der Waals surface area contributed by atoms with Crippen LogP contribution in [0.25, 0.3) is 5.69 Å². The molecule has 1 aromatic carbocycles. The molecule has 3 rings (SSSR count). The number of amides is 1. The molecule has 1 atom stereocenters. The third-order valence-corrected chi connectivity index (χ3v) is 4.69. The number of benzene rings is 1. The molecule has 1 aliphatic heterocycles. The van der Waals surface area contributed by atoms with E-state index >= 15 is 0 Å². The molecule has 1 aromatic heterocycles. The van der Waals surface area contributed by atoms with E-state index in [1.807, 2.05) is 55.4 Å². The molecule has 1 N–H and O–H groups in total. The minimum atomic E-state index is -0.277. The predicted molar refractivity (Wildman–Crippen MR) is 96.9 cm³/mol. The van der Waals surface area contributed by atoms with E-state index in [9.17, 15) is 9.90 Å². The number of rotatable bonds is 5. The molecule has 134 valence electrons. The lowest BCUT2D eigenvalue weighted by molar-refractivity contribution is 0.0524. The van der Waals surface area contributed by atoms with Gasteiger partial charge in [0, 0.05) is 44.5 Å². The Morgan fingerprint density at radius 1 is 1.20 bits per heavy atom. The summed E-state index contributed by atoms with van der Waals surface area (Å²) >= 11 is 0. The van der Waals surface area contributed by atoms with E-state index in [-0.39, 0.29) is 12.0 Å². The van der Waals surface area contributed by atoms with Gasteiger partial charge in [-0.25, -0.2) is 4.68 Å². The predicted octanol–water partition coefficient (Wildman–Crippen LogP) is 1.71. The van der Waals surface area contributed by atoms with Crippen LogP contribution in [-0.4, -0.2) is 69.4 Å². The van der Waals surface area contributed by atoms with Gasteiger partial charge in [-0.15, -0.1) is 0 Å². The molecule has 0 aliphatic carbocycles. The zero-order chi connectivity index (χ0) is 17.8. The summed E-state index contributed by atoms with van der Waals surface area (Å²) in [6.45, 7) is 7.71. The van der Waals surface area contributed by atoms with Crippen LogP contribution in [-0.2, 0) is 0 Å². The highest BCUT2D eigenvalue weighted by Crippen LogP contribution is 2.13. The number of β-amino-alcohol motifs (C(OH)–C–C–N with tert-alkyl or cyclic N) is 1. The average Bonchev–Trinajstić information content (AvgIpc) is 3.08. The number of aliphatic hydroxyl groups excluding tert-OH is 1. The fourth-order valence-corrected chi connectivity index (χ4v) is 3.05. The van der Waals surface area contributed by atoms with E-state index in [1.165, 1.54) is 0 Å². The van der Waals surface area contributed by atoms with Crippen molar-refractivity contribution in [1.29, 1.82) is 0 Å². The first-order chi connectivity index (χ1) is 12.1. The highest BCUT2D eigenvalue weighted by Gasteiger charge is 2.23. The van der Waals surface area contributed by atoms with Crippen LogP contribution in [0.3, 0.4) is 0 Å². The van der Waals surface area contributed by atoms with Crippen molar-refractivity contribution in [3.8, 4) is 5.69 Å². The largest absolute Gasteiger partial charge is 0.392 e. The van der Waals surface area contributed by atoms with Crippen LogP contribution < -0.4 is 0 Å². The van der Waals surface area contributed by atoms with Crippen molar-refractivity contribution >= 4 is 5.91 Å². The van der Waals surface area contributed by atoms with Gasteiger partial charge in [0.05, 0.1) is 18.0 Å². The van der Waals surface area contributed by atoms with Gasteiger partial charge in [0.2, 0.25) is 0 Å². The third kappa shape index (κ3) is 4.27. The number of nitrogens with zero attached hydrogens (tertiary/aromatic N) is 4. The van der Waals surface area contributed by atoms with Gasteiger partial charge in [0.1, 0.15) is 0 Å². The summed E-state index contributed by atoms with van der Waals surface area (Å²) in [5, 5.41) is 14.0. The summed E-state index contributed by atoms with van der Waals surface area (Å²) in [5.41, 5.74) is 2.75. The number of carbonyl (C=O) groups is 1. The Bertz CT molecular complexity index is 702. The molecular formula is C19H26N4O2. The van der Waals surface area contributed by atoms with Crippen molar-refractivity contribution in [2.45, 2.75) is 26.4 Å². The summed E-state index contributed by atoms with van der Waals surface area (Å²) < 4.78 is 1.81. The van der Waals surface area contributed by atoms with Crippen molar-refractivity contribution < 1.29 is 9.90 Å². The Morgan fingerprint density at radius 2 is 1.88 bits per heavy atom. The lowest BCUT2D eigenvalue weighted by Gasteiger charge is -2.35. The molecule has 1 aliphatic rings. The Hall–Kier alpha value is -2.18.